The molecule has 0 saturated carbocycles. The number of pyridine rings is 1. The van der Waals surface area contributed by atoms with Gasteiger partial charge in [-0.3, -0.25) is 10.8 Å². The highest BCUT2D eigenvalue weighted by molar-refractivity contribution is 5.85. The van der Waals surface area contributed by atoms with Crippen LogP contribution in [-0.4, -0.2) is 12.1 Å². The third-order valence-electron chi connectivity index (χ3n) is 3.64. The molecule has 1 aromatic heterocycles. The molecule has 0 aliphatic heterocycles. The van der Waals surface area contributed by atoms with E-state index in [1.54, 1.807) is 13.3 Å². The van der Waals surface area contributed by atoms with Gasteiger partial charge in [-0.15, -0.1) is 0 Å². The van der Waals surface area contributed by atoms with Crippen LogP contribution in [0.15, 0.2) is 60.9 Å². The predicted molar refractivity (Wildman–Crippen MR) is 83.9 cm³/mol. The molecular formula is C17H17N3O. The highest BCUT2D eigenvalue weighted by Crippen LogP contribution is 2.32. The van der Waals surface area contributed by atoms with E-state index in [4.69, 9.17) is 10.6 Å². The maximum atomic E-state index is 5.83. The van der Waals surface area contributed by atoms with Crippen molar-refractivity contribution in [3.05, 3.63) is 72.1 Å². The van der Waals surface area contributed by atoms with Crippen molar-refractivity contribution in [2.45, 2.75) is 6.04 Å². The lowest BCUT2D eigenvalue weighted by atomic mass is 9.94. The Balaban J connectivity index is 2.19. The molecule has 4 heteroatoms. The molecule has 1 atom stereocenters. The van der Waals surface area contributed by atoms with Gasteiger partial charge >= 0.3 is 0 Å². The fourth-order valence-corrected chi connectivity index (χ4v) is 2.64. The summed E-state index contributed by atoms with van der Waals surface area (Å²) in [7, 11) is 1.66. The van der Waals surface area contributed by atoms with E-state index in [0.717, 1.165) is 27.6 Å². The van der Waals surface area contributed by atoms with Crippen LogP contribution < -0.4 is 16.0 Å². The number of hydrazine groups is 1. The lowest BCUT2D eigenvalue weighted by Gasteiger charge is -2.21. The van der Waals surface area contributed by atoms with Crippen molar-refractivity contribution in [3.8, 4) is 5.75 Å². The number of methoxy groups -OCH3 is 1. The summed E-state index contributed by atoms with van der Waals surface area (Å²) in [5, 5.41) is 2.21. The molecule has 21 heavy (non-hydrogen) atoms. The second-order valence-corrected chi connectivity index (χ2v) is 4.79. The predicted octanol–water partition coefficient (Wildman–Crippen LogP) is 2.80. The number of aromatic nitrogens is 1. The van der Waals surface area contributed by atoms with Gasteiger partial charge in [0, 0.05) is 23.3 Å². The van der Waals surface area contributed by atoms with Crippen LogP contribution in [0.25, 0.3) is 10.8 Å². The van der Waals surface area contributed by atoms with Crippen LogP contribution in [0.3, 0.4) is 0 Å². The Kier molecular flexibility index (Phi) is 3.81. The molecule has 0 bridgehead atoms. The standard InChI is InChI=1S/C17H17N3O/c1-21-16-8-3-2-6-14(16)17(20-18)13-7-4-5-12-9-10-19-11-15(12)13/h2-11,17,20H,18H2,1H3. The van der Waals surface area contributed by atoms with E-state index in [1.807, 2.05) is 42.6 Å². The van der Waals surface area contributed by atoms with E-state index in [1.165, 1.54) is 0 Å². The molecule has 3 aromatic rings. The van der Waals surface area contributed by atoms with Crippen LogP contribution in [-0.2, 0) is 0 Å². The van der Waals surface area contributed by atoms with E-state index in [-0.39, 0.29) is 6.04 Å². The fourth-order valence-electron chi connectivity index (χ4n) is 2.64. The molecule has 1 heterocycles. The number of benzene rings is 2. The Labute approximate surface area is 123 Å². The number of nitrogens with two attached hydrogens (primary N) is 1. The van der Waals surface area contributed by atoms with Crippen molar-refractivity contribution in [1.82, 2.24) is 10.4 Å². The lowest BCUT2D eigenvalue weighted by molar-refractivity contribution is 0.404. The summed E-state index contributed by atoms with van der Waals surface area (Å²) >= 11 is 0. The number of para-hydroxylation sites is 1. The molecule has 4 nitrogen and oxygen atoms in total. The highest BCUT2D eigenvalue weighted by atomic mass is 16.5. The van der Waals surface area contributed by atoms with Crippen LogP contribution >= 0.6 is 0 Å². The van der Waals surface area contributed by atoms with Crippen LogP contribution in [0, 0.1) is 0 Å². The third-order valence-corrected chi connectivity index (χ3v) is 3.64. The molecule has 106 valence electrons. The molecule has 2 aromatic carbocycles. The normalized spacial score (nSPS) is 12.3. The molecule has 0 aliphatic carbocycles. The monoisotopic (exact) mass is 279 g/mol. The average Bonchev–Trinajstić information content (AvgIpc) is 2.56. The molecule has 0 fully saturated rings. The number of nitrogens with one attached hydrogen (secondary N) is 1. The zero-order valence-electron chi connectivity index (χ0n) is 11.8. The number of hydrogen-bond donors (Lipinski definition) is 2. The molecule has 1 unspecified atom stereocenters. The first-order chi connectivity index (χ1) is 10.3. The van der Waals surface area contributed by atoms with Crippen molar-refractivity contribution >= 4 is 10.8 Å². The van der Waals surface area contributed by atoms with Crippen LogP contribution in [0.4, 0.5) is 0 Å². The van der Waals surface area contributed by atoms with Gasteiger partial charge in [0.2, 0.25) is 0 Å². The Morgan fingerprint density at radius 2 is 1.86 bits per heavy atom. The summed E-state index contributed by atoms with van der Waals surface area (Å²) in [5.74, 6) is 6.63. The first kappa shape index (κ1) is 13.5. The quantitative estimate of drug-likeness (QED) is 0.569. The SMILES string of the molecule is COc1ccccc1C(NN)c1cccc2ccncc12. The smallest absolute Gasteiger partial charge is 0.124 e. The summed E-state index contributed by atoms with van der Waals surface area (Å²) in [6.07, 6.45) is 3.66. The van der Waals surface area contributed by atoms with Crippen LogP contribution in [0.1, 0.15) is 17.2 Å². The highest BCUT2D eigenvalue weighted by Gasteiger charge is 2.18. The summed E-state index contributed by atoms with van der Waals surface area (Å²) in [6.45, 7) is 0. The molecular weight excluding hydrogens is 262 g/mol. The molecule has 0 spiro atoms. The fraction of sp³-hybridized carbons (Fsp3) is 0.118. The molecule has 0 radical (unpaired) electrons. The topological polar surface area (TPSA) is 60.2 Å². The van der Waals surface area contributed by atoms with Gasteiger partial charge in [0.15, 0.2) is 0 Å². The minimum Gasteiger partial charge on any atom is -0.496 e. The Morgan fingerprint density at radius 1 is 1.05 bits per heavy atom. The van der Waals surface area contributed by atoms with E-state index >= 15 is 0 Å². The minimum absolute atomic E-state index is 0.158. The van der Waals surface area contributed by atoms with Gasteiger partial charge < -0.3 is 4.74 Å². The summed E-state index contributed by atoms with van der Waals surface area (Å²) in [4.78, 5) is 4.23. The van der Waals surface area contributed by atoms with Gasteiger partial charge in [0.05, 0.1) is 13.2 Å². The van der Waals surface area contributed by atoms with Crippen molar-refractivity contribution in [1.29, 1.82) is 0 Å². The van der Waals surface area contributed by atoms with Crippen LogP contribution in [0.2, 0.25) is 0 Å². The number of ether oxygens (including phenoxy) is 1. The largest absolute Gasteiger partial charge is 0.496 e. The molecule has 0 aliphatic rings. The number of hydrogen-bond acceptors (Lipinski definition) is 4. The lowest BCUT2D eigenvalue weighted by Crippen LogP contribution is -2.29. The van der Waals surface area contributed by atoms with Crippen molar-refractivity contribution in [2.24, 2.45) is 5.84 Å². The van der Waals surface area contributed by atoms with E-state index in [0.29, 0.717) is 0 Å². The number of nitrogens with zero attached hydrogens (tertiary/aromatic N) is 1. The second kappa shape index (κ2) is 5.91. The van der Waals surface area contributed by atoms with Gasteiger partial charge in [0.25, 0.3) is 0 Å². The minimum atomic E-state index is -0.158. The maximum absolute atomic E-state index is 5.83. The van der Waals surface area contributed by atoms with Gasteiger partial charge in [0.1, 0.15) is 5.75 Å². The number of fused-ring (bicyclic) bond motifs is 1. The molecule has 0 saturated heterocycles. The second-order valence-electron chi connectivity index (χ2n) is 4.79. The zero-order valence-corrected chi connectivity index (χ0v) is 11.8. The van der Waals surface area contributed by atoms with E-state index in [9.17, 15) is 0 Å². The summed E-state index contributed by atoms with van der Waals surface area (Å²) in [6, 6.07) is 15.9. The van der Waals surface area contributed by atoms with Crippen molar-refractivity contribution in [2.75, 3.05) is 7.11 Å². The van der Waals surface area contributed by atoms with Crippen LogP contribution in [0.5, 0.6) is 5.75 Å². The molecule has 3 N–H and O–H groups in total. The summed E-state index contributed by atoms with van der Waals surface area (Å²) < 4.78 is 5.45. The molecule has 0 amide bonds. The van der Waals surface area contributed by atoms with Gasteiger partial charge in [-0.05, 0) is 23.1 Å². The van der Waals surface area contributed by atoms with Gasteiger partial charge in [-0.1, -0.05) is 36.4 Å². The summed E-state index contributed by atoms with van der Waals surface area (Å²) in [5.41, 5.74) is 4.97. The Hall–Kier alpha value is -2.43. The van der Waals surface area contributed by atoms with Crippen molar-refractivity contribution in [3.63, 3.8) is 0 Å². The van der Waals surface area contributed by atoms with Gasteiger partial charge in [-0.25, -0.2) is 5.43 Å². The molecule has 3 rings (SSSR count). The van der Waals surface area contributed by atoms with E-state index < -0.39 is 0 Å². The first-order valence-corrected chi connectivity index (χ1v) is 6.77. The number of rotatable bonds is 4. The van der Waals surface area contributed by atoms with Crippen molar-refractivity contribution < 1.29 is 4.74 Å². The third kappa shape index (κ3) is 2.46. The van der Waals surface area contributed by atoms with E-state index in [2.05, 4.69) is 22.5 Å². The van der Waals surface area contributed by atoms with Gasteiger partial charge in [-0.2, -0.15) is 0 Å². The first-order valence-electron chi connectivity index (χ1n) is 6.77. The Bertz CT molecular complexity index is 752. The Morgan fingerprint density at radius 3 is 2.67 bits per heavy atom. The maximum Gasteiger partial charge on any atom is 0.124 e. The average molecular weight is 279 g/mol. The zero-order chi connectivity index (χ0) is 14.7.